The third-order valence-corrected chi connectivity index (χ3v) is 28.2. The Balaban J connectivity index is 1.67. The molecule has 773 valence electrons. The summed E-state index contributed by atoms with van der Waals surface area (Å²) in [6.45, 7) is 17.5. The van der Waals surface area contributed by atoms with Crippen molar-refractivity contribution in [2.75, 3.05) is 50.3 Å². The Hall–Kier alpha value is -4.93. The molecule has 0 atom stereocenters. The quantitative estimate of drug-likeness (QED) is 0.0412. The monoisotopic (exact) mass is 1860 g/mol. The normalized spacial score (nSPS) is 11.5. The second-order valence-electron chi connectivity index (χ2n) is 41.2. The minimum Gasteiger partial charge on any atom is -0.489 e. The van der Waals surface area contributed by atoms with Crippen molar-refractivity contribution in [2.24, 2.45) is 0 Å². The van der Waals surface area contributed by atoms with Crippen molar-refractivity contribution >= 4 is 23.3 Å². The van der Waals surface area contributed by atoms with E-state index >= 15 is 0 Å². The van der Waals surface area contributed by atoms with Crippen LogP contribution < -0.4 is 39.1 Å². The Bertz CT molecular complexity index is 2800. The fourth-order valence-electron chi connectivity index (χ4n) is 19.3. The maximum absolute atomic E-state index is 7.01. The Morgan fingerprint density at radius 1 is 0.187 bits per heavy atom. The van der Waals surface area contributed by atoms with Crippen molar-refractivity contribution in [1.29, 1.82) is 0 Å². The summed E-state index contributed by atoms with van der Waals surface area (Å²) < 4.78 is 42.0. The van der Waals surface area contributed by atoms with Gasteiger partial charge in [0.25, 0.3) is 0 Å². The number of nitrogens with zero attached hydrogens (tertiary/aromatic N) is 3. The fourth-order valence-corrected chi connectivity index (χ4v) is 19.3. The summed E-state index contributed by atoms with van der Waals surface area (Å²) in [6, 6.07) is 19.6. The van der Waals surface area contributed by atoms with E-state index in [1.165, 1.54) is 501 Å². The van der Waals surface area contributed by atoms with Gasteiger partial charge in [0.15, 0.2) is 28.8 Å². The van der Waals surface area contributed by atoms with Crippen LogP contribution in [-0.4, -0.2) is 54.6 Å². The van der Waals surface area contributed by atoms with E-state index in [0.717, 1.165) is 94.0 Å². The summed E-state index contributed by atoms with van der Waals surface area (Å²) >= 11 is 0. The first-order chi connectivity index (χ1) is 66.5. The maximum atomic E-state index is 7.01. The number of nitrogens with one attached hydrogen (secondary N) is 2. The van der Waals surface area contributed by atoms with E-state index in [2.05, 4.69) is 82.5 Å². The van der Waals surface area contributed by atoms with Gasteiger partial charge in [-0.2, -0.15) is 15.0 Å². The molecule has 0 unspecified atom stereocenters. The largest absolute Gasteiger partial charge is 0.489 e. The topological polar surface area (TPSA) is 118 Å². The zero-order valence-electron chi connectivity index (χ0n) is 89.8. The van der Waals surface area contributed by atoms with Crippen molar-refractivity contribution in [3.63, 3.8) is 0 Å². The summed E-state index contributed by atoms with van der Waals surface area (Å²) in [7, 11) is 0. The molecule has 0 fully saturated rings. The molecule has 4 rings (SSSR count). The Morgan fingerprint density at radius 2 is 0.336 bits per heavy atom. The van der Waals surface area contributed by atoms with Gasteiger partial charge < -0.3 is 39.1 Å². The number of benzene rings is 3. The van der Waals surface area contributed by atoms with Gasteiger partial charge >= 0.3 is 0 Å². The first kappa shape index (κ1) is 121. The Morgan fingerprint density at radius 3 is 0.500 bits per heavy atom. The molecule has 134 heavy (non-hydrogen) atoms. The number of unbranched alkanes of at least 4 members (excludes halogenated alkanes) is 84. The van der Waals surface area contributed by atoms with E-state index in [-0.39, 0.29) is 0 Å². The van der Waals surface area contributed by atoms with Gasteiger partial charge in [-0.15, -0.1) is 0 Å². The zero-order valence-corrected chi connectivity index (χ0v) is 89.8. The van der Waals surface area contributed by atoms with Crippen LogP contribution in [0.5, 0.6) is 34.5 Å². The molecule has 3 aromatic carbocycles. The lowest BCUT2D eigenvalue weighted by Gasteiger charge is -2.20. The van der Waals surface area contributed by atoms with E-state index in [4.69, 9.17) is 43.4 Å². The molecule has 11 nitrogen and oxygen atoms in total. The van der Waals surface area contributed by atoms with Crippen LogP contribution in [0.15, 0.2) is 48.5 Å². The number of ether oxygens (including phenoxy) is 6. The first-order valence-electron chi connectivity index (χ1n) is 59.9. The predicted octanol–water partition coefficient (Wildman–Crippen LogP) is 42.3. The van der Waals surface area contributed by atoms with Crippen LogP contribution in [0.25, 0.3) is 11.4 Å². The van der Waals surface area contributed by atoms with E-state index in [1.54, 1.807) is 0 Å². The minimum atomic E-state index is 0.399. The second-order valence-corrected chi connectivity index (χ2v) is 41.2. The summed E-state index contributed by atoms with van der Waals surface area (Å²) in [4.78, 5) is 15.7. The molecule has 0 bridgehead atoms. The van der Waals surface area contributed by atoms with Crippen molar-refractivity contribution in [3.8, 4) is 45.9 Å². The molecule has 11 heteroatoms. The van der Waals surface area contributed by atoms with Crippen LogP contribution in [0.3, 0.4) is 0 Å². The molecule has 0 saturated heterocycles. The van der Waals surface area contributed by atoms with E-state index in [1.807, 2.05) is 24.3 Å². The molecule has 1 aromatic heterocycles. The second kappa shape index (κ2) is 95.6. The molecular formula is C123H220N5O6. The predicted molar refractivity (Wildman–Crippen MR) is 586 cm³/mol. The third-order valence-electron chi connectivity index (χ3n) is 28.2. The van der Waals surface area contributed by atoms with E-state index in [9.17, 15) is 0 Å². The molecular weight excluding hydrogens is 1640 g/mol. The van der Waals surface area contributed by atoms with Crippen LogP contribution in [0.1, 0.15) is 619 Å². The summed E-state index contributed by atoms with van der Waals surface area (Å²) in [5.74, 6) is 5.56. The molecule has 2 N–H and O–H groups in total. The Kier molecular flexibility index (Phi) is 86.6. The van der Waals surface area contributed by atoms with E-state index < -0.39 is 0 Å². The number of hydrogen-bond acceptors (Lipinski definition) is 11. The maximum Gasteiger partial charge on any atom is 0.232 e. The summed E-state index contributed by atoms with van der Waals surface area (Å²) in [6.07, 6.45) is 119. The van der Waals surface area contributed by atoms with Crippen molar-refractivity contribution in [3.05, 3.63) is 54.6 Å². The van der Waals surface area contributed by atoms with Gasteiger partial charge in [-0.1, -0.05) is 605 Å². The van der Waals surface area contributed by atoms with Crippen LogP contribution >= 0.6 is 0 Å². The van der Waals surface area contributed by atoms with Crippen LogP contribution in [-0.2, 0) is 0 Å². The highest BCUT2D eigenvalue weighted by atomic mass is 16.5. The van der Waals surface area contributed by atoms with Gasteiger partial charge in [0, 0.05) is 41.2 Å². The number of aromatic nitrogens is 3. The third kappa shape index (κ3) is 72.4. The summed E-state index contributed by atoms with van der Waals surface area (Å²) in [5, 5.41) is 7.46. The smallest absolute Gasteiger partial charge is 0.232 e. The average Bonchev–Trinajstić information content (AvgIpc) is 0.804. The molecule has 1 radical (unpaired) electrons. The molecule has 4 aromatic rings. The van der Waals surface area contributed by atoms with Gasteiger partial charge in [0.1, 0.15) is 0 Å². The standard InChI is InChI=1S/C123H220N5O6/c1-7-13-19-25-31-37-43-49-55-61-67-73-79-85-94-102-129-115-108-113(109-116(130-103-95-86-80-74-68-62-56-50-44-38-32-26-20-14-8-2)119(115)133-106-98-89-83-77-71-65-59-53-47-41-35-29-23-17-11-5)124-122-126-121(112-100-92-91-93-101-112)127-123(128-122)125-114-110-117(131-104-96-87-81-75-69-63-57-51-45-39-33-27-21-15-9-3)120(134-107-99-90-84-78-72-66-60-54-48-42-36-30-24-18-12-6)118(111-114)132-105-97-88-82-76-70-64-58-52-46-40-34-28-22-16-10-4/h92-93,100-101,108-111H,7-90,94-99,102-107H2,1-6H3,(H2,124,125,126,127,128). The molecule has 0 aliphatic carbocycles. The van der Waals surface area contributed by atoms with Crippen molar-refractivity contribution in [2.45, 2.75) is 619 Å². The number of rotatable bonds is 107. The molecule has 1 heterocycles. The van der Waals surface area contributed by atoms with Crippen molar-refractivity contribution in [1.82, 2.24) is 15.0 Å². The molecule has 0 saturated carbocycles. The van der Waals surface area contributed by atoms with Crippen molar-refractivity contribution < 1.29 is 28.4 Å². The van der Waals surface area contributed by atoms with Gasteiger partial charge in [0.2, 0.25) is 23.4 Å². The van der Waals surface area contributed by atoms with Crippen LogP contribution in [0.2, 0.25) is 0 Å². The lowest BCUT2D eigenvalue weighted by Crippen LogP contribution is -2.09. The molecule has 0 aliphatic heterocycles. The molecule has 0 aliphatic rings. The fraction of sp³-hybridized carbons (Fsp3) is 0.829. The SMILES string of the molecule is CCCCCCCCCCCCCCCCCOc1cc(Nc2nc(Nc3cc(OCCCCCCCCCCCCCCCCC)c(OCCCCCCCCCCCCCCCCC)c(OCCCCCCCCCCCCCCCCC)c3)nc(-c3cc[c]cc3)n2)cc(OCCCCCCCCCCCCCCCCC)c1OCCCCCCCCCCCCCCCCC. The molecule has 0 spiro atoms. The minimum absolute atomic E-state index is 0.399. The van der Waals surface area contributed by atoms with Gasteiger partial charge in [-0.3, -0.25) is 0 Å². The Labute approximate surface area is 831 Å². The highest BCUT2D eigenvalue weighted by Gasteiger charge is 2.22. The lowest BCUT2D eigenvalue weighted by molar-refractivity contribution is 0.234. The van der Waals surface area contributed by atoms with Crippen LogP contribution in [0, 0.1) is 6.07 Å². The number of anilines is 4. The lowest BCUT2D eigenvalue weighted by atomic mass is 10.0. The zero-order chi connectivity index (χ0) is 95.0. The first-order valence-corrected chi connectivity index (χ1v) is 59.9. The van der Waals surface area contributed by atoms with Crippen LogP contribution in [0.4, 0.5) is 23.3 Å². The highest BCUT2D eigenvalue weighted by molar-refractivity contribution is 5.70. The van der Waals surface area contributed by atoms with E-state index in [0.29, 0.717) is 91.9 Å². The van der Waals surface area contributed by atoms with Gasteiger partial charge in [0.05, 0.1) is 39.6 Å². The molecule has 0 amide bonds. The van der Waals surface area contributed by atoms with Gasteiger partial charge in [-0.25, -0.2) is 0 Å². The van der Waals surface area contributed by atoms with Gasteiger partial charge in [-0.05, 0) is 44.6 Å². The summed E-state index contributed by atoms with van der Waals surface area (Å²) in [5.41, 5.74) is 2.40. The number of hydrogen-bond donors (Lipinski definition) is 2. The average molecular weight is 1870 g/mol. The highest BCUT2D eigenvalue weighted by Crippen LogP contribution is 2.45.